The molecule has 0 bridgehead atoms. The van der Waals surface area contributed by atoms with E-state index in [4.69, 9.17) is 0 Å². The summed E-state index contributed by atoms with van der Waals surface area (Å²) in [6.45, 7) is 7.50. The molecule has 0 radical (unpaired) electrons. The third kappa shape index (κ3) is 4.33. The molecule has 0 saturated carbocycles. The third-order valence-corrected chi connectivity index (χ3v) is 2.90. The fourth-order valence-corrected chi connectivity index (χ4v) is 1.78. The van der Waals surface area contributed by atoms with Crippen molar-refractivity contribution in [1.29, 1.82) is 0 Å². The molecular weight excluding hydrogens is 198 g/mol. The van der Waals surface area contributed by atoms with Crippen LogP contribution in [0.1, 0.15) is 25.0 Å². The normalized spacial score (nSPS) is 13.1. The SMILES string of the molecule is Cc1cccc(CCNC(CO)C(C)C)c1. The van der Waals surface area contributed by atoms with E-state index in [2.05, 4.69) is 50.4 Å². The molecule has 0 spiro atoms. The second-order valence-corrected chi connectivity index (χ2v) is 4.73. The first-order chi connectivity index (χ1) is 7.63. The number of aryl methyl sites for hydroxylation is 1. The molecule has 1 rings (SSSR count). The van der Waals surface area contributed by atoms with Gasteiger partial charge in [0, 0.05) is 6.04 Å². The largest absolute Gasteiger partial charge is 0.395 e. The summed E-state index contributed by atoms with van der Waals surface area (Å²) in [5, 5.41) is 12.6. The van der Waals surface area contributed by atoms with Gasteiger partial charge in [-0.15, -0.1) is 0 Å². The van der Waals surface area contributed by atoms with E-state index in [0.29, 0.717) is 5.92 Å². The molecule has 1 unspecified atom stereocenters. The van der Waals surface area contributed by atoms with Crippen molar-refractivity contribution < 1.29 is 5.11 Å². The lowest BCUT2D eigenvalue weighted by Gasteiger charge is -2.19. The Hall–Kier alpha value is -0.860. The Morgan fingerprint density at radius 2 is 2.06 bits per heavy atom. The maximum atomic E-state index is 9.18. The summed E-state index contributed by atoms with van der Waals surface area (Å²) in [5.41, 5.74) is 2.66. The maximum absolute atomic E-state index is 9.18. The summed E-state index contributed by atoms with van der Waals surface area (Å²) >= 11 is 0. The van der Waals surface area contributed by atoms with E-state index >= 15 is 0 Å². The maximum Gasteiger partial charge on any atom is 0.0587 e. The predicted octanol–water partition coefficient (Wildman–Crippen LogP) is 2.14. The van der Waals surface area contributed by atoms with E-state index in [9.17, 15) is 5.11 Å². The highest BCUT2D eigenvalue weighted by Crippen LogP contribution is 2.05. The topological polar surface area (TPSA) is 32.3 Å². The van der Waals surface area contributed by atoms with Gasteiger partial charge < -0.3 is 10.4 Å². The molecule has 1 aromatic carbocycles. The lowest BCUT2D eigenvalue weighted by Crippen LogP contribution is -2.38. The number of benzene rings is 1. The molecule has 0 saturated heterocycles. The first kappa shape index (κ1) is 13.2. The van der Waals surface area contributed by atoms with E-state index < -0.39 is 0 Å². The quantitative estimate of drug-likeness (QED) is 0.771. The van der Waals surface area contributed by atoms with Gasteiger partial charge in [0.2, 0.25) is 0 Å². The molecule has 16 heavy (non-hydrogen) atoms. The summed E-state index contributed by atoms with van der Waals surface area (Å²) in [6.07, 6.45) is 1.02. The third-order valence-electron chi connectivity index (χ3n) is 2.90. The Labute approximate surface area is 98.7 Å². The van der Waals surface area contributed by atoms with Gasteiger partial charge in [-0.25, -0.2) is 0 Å². The predicted molar refractivity (Wildman–Crippen MR) is 68.6 cm³/mol. The van der Waals surface area contributed by atoms with Gasteiger partial charge in [0.15, 0.2) is 0 Å². The van der Waals surface area contributed by atoms with Crippen molar-refractivity contribution in [1.82, 2.24) is 5.32 Å². The lowest BCUT2D eigenvalue weighted by atomic mass is 10.0. The Balaban J connectivity index is 2.35. The fourth-order valence-electron chi connectivity index (χ4n) is 1.78. The van der Waals surface area contributed by atoms with Crippen LogP contribution < -0.4 is 5.32 Å². The van der Waals surface area contributed by atoms with Crippen LogP contribution in [0.25, 0.3) is 0 Å². The Morgan fingerprint density at radius 1 is 1.31 bits per heavy atom. The number of hydrogen-bond acceptors (Lipinski definition) is 2. The van der Waals surface area contributed by atoms with E-state index in [1.807, 2.05) is 0 Å². The summed E-state index contributed by atoms with van der Waals surface area (Å²) in [5.74, 6) is 0.475. The highest BCUT2D eigenvalue weighted by Gasteiger charge is 2.10. The molecule has 1 aromatic rings. The number of hydrogen-bond donors (Lipinski definition) is 2. The minimum Gasteiger partial charge on any atom is -0.395 e. The highest BCUT2D eigenvalue weighted by molar-refractivity contribution is 5.22. The monoisotopic (exact) mass is 221 g/mol. The zero-order valence-corrected chi connectivity index (χ0v) is 10.5. The molecule has 0 heterocycles. The molecule has 0 fully saturated rings. The Morgan fingerprint density at radius 3 is 2.62 bits per heavy atom. The van der Waals surface area contributed by atoms with Crippen LogP contribution in [0.15, 0.2) is 24.3 Å². The average Bonchev–Trinajstić information content (AvgIpc) is 2.24. The van der Waals surface area contributed by atoms with Crippen LogP contribution in [-0.2, 0) is 6.42 Å². The van der Waals surface area contributed by atoms with Gasteiger partial charge in [-0.1, -0.05) is 43.7 Å². The van der Waals surface area contributed by atoms with Crippen molar-refractivity contribution in [3.8, 4) is 0 Å². The molecule has 0 aromatic heterocycles. The zero-order chi connectivity index (χ0) is 12.0. The molecule has 1 atom stereocenters. The second kappa shape index (κ2) is 6.66. The average molecular weight is 221 g/mol. The van der Waals surface area contributed by atoms with Crippen LogP contribution in [-0.4, -0.2) is 24.3 Å². The van der Waals surface area contributed by atoms with Crippen LogP contribution >= 0.6 is 0 Å². The molecule has 2 heteroatoms. The van der Waals surface area contributed by atoms with Gasteiger partial charge in [-0.2, -0.15) is 0 Å². The van der Waals surface area contributed by atoms with Gasteiger partial charge >= 0.3 is 0 Å². The van der Waals surface area contributed by atoms with Gasteiger partial charge in [0.05, 0.1) is 6.61 Å². The van der Waals surface area contributed by atoms with Crippen molar-refractivity contribution in [3.63, 3.8) is 0 Å². The molecule has 0 aliphatic carbocycles. The van der Waals surface area contributed by atoms with Crippen LogP contribution in [0, 0.1) is 12.8 Å². The van der Waals surface area contributed by atoms with Crippen LogP contribution in [0.3, 0.4) is 0 Å². The summed E-state index contributed by atoms with van der Waals surface area (Å²) in [4.78, 5) is 0. The number of rotatable bonds is 6. The van der Waals surface area contributed by atoms with Crippen molar-refractivity contribution in [2.45, 2.75) is 33.2 Å². The highest BCUT2D eigenvalue weighted by atomic mass is 16.3. The van der Waals surface area contributed by atoms with Crippen molar-refractivity contribution >= 4 is 0 Å². The summed E-state index contributed by atoms with van der Waals surface area (Å²) in [6, 6.07) is 8.78. The zero-order valence-electron chi connectivity index (χ0n) is 10.5. The molecule has 90 valence electrons. The van der Waals surface area contributed by atoms with Crippen molar-refractivity contribution in [2.75, 3.05) is 13.2 Å². The van der Waals surface area contributed by atoms with Crippen LogP contribution in [0.4, 0.5) is 0 Å². The first-order valence-corrected chi connectivity index (χ1v) is 6.03. The lowest BCUT2D eigenvalue weighted by molar-refractivity contribution is 0.212. The second-order valence-electron chi connectivity index (χ2n) is 4.73. The molecule has 2 N–H and O–H groups in total. The van der Waals surface area contributed by atoms with E-state index in [0.717, 1.165) is 13.0 Å². The number of aliphatic hydroxyl groups is 1. The first-order valence-electron chi connectivity index (χ1n) is 6.03. The number of aliphatic hydroxyl groups excluding tert-OH is 1. The summed E-state index contributed by atoms with van der Waals surface area (Å²) in [7, 11) is 0. The molecule has 2 nitrogen and oxygen atoms in total. The van der Waals surface area contributed by atoms with E-state index in [1.165, 1.54) is 11.1 Å². The van der Waals surface area contributed by atoms with Crippen LogP contribution in [0.2, 0.25) is 0 Å². The molecule has 0 aliphatic rings. The molecular formula is C14H23NO. The van der Waals surface area contributed by atoms with Gasteiger partial charge in [0.1, 0.15) is 0 Å². The van der Waals surface area contributed by atoms with Gasteiger partial charge in [0.25, 0.3) is 0 Å². The fraction of sp³-hybridized carbons (Fsp3) is 0.571. The Kier molecular flexibility index (Phi) is 5.50. The van der Waals surface area contributed by atoms with E-state index in [1.54, 1.807) is 0 Å². The molecule has 0 aliphatic heterocycles. The minimum atomic E-state index is 0.213. The number of nitrogens with one attached hydrogen (secondary N) is 1. The van der Waals surface area contributed by atoms with Crippen LogP contribution in [0.5, 0.6) is 0 Å². The van der Waals surface area contributed by atoms with Crippen molar-refractivity contribution in [2.24, 2.45) is 5.92 Å². The van der Waals surface area contributed by atoms with Gasteiger partial charge in [-0.3, -0.25) is 0 Å². The summed E-state index contributed by atoms with van der Waals surface area (Å²) < 4.78 is 0. The standard InChI is InChI=1S/C14H23NO/c1-11(2)14(10-16)15-8-7-13-6-4-5-12(3)9-13/h4-6,9,11,14-16H,7-8,10H2,1-3H3. The smallest absolute Gasteiger partial charge is 0.0587 e. The van der Waals surface area contributed by atoms with Gasteiger partial charge in [-0.05, 0) is 31.4 Å². The molecule has 0 amide bonds. The van der Waals surface area contributed by atoms with E-state index in [-0.39, 0.29) is 12.6 Å². The minimum absolute atomic E-state index is 0.213. The van der Waals surface area contributed by atoms with Crippen molar-refractivity contribution in [3.05, 3.63) is 35.4 Å². The Bertz CT molecular complexity index is 309.